The molecule has 0 amide bonds. The van der Waals surface area contributed by atoms with Crippen LogP contribution >= 0.6 is 0 Å². The molecule has 20 heavy (non-hydrogen) atoms. The van der Waals surface area contributed by atoms with Crippen LogP contribution in [0.15, 0.2) is 9.05 Å². The average molecular weight is 277 g/mol. The van der Waals surface area contributed by atoms with Crippen LogP contribution in [0.3, 0.4) is 0 Å². The van der Waals surface area contributed by atoms with Crippen LogP contribution in [0.25, 0.3) is 11.5 Å². The second-order valence-corrected chi connectivity index (χ2v) is 5.00. The van der Waals surface area contributed by atoms with E-state index in [2.05, 4.69) is 15.3 Å². The van der Waals surface area contributed by atoms with Gasteiger partial charge in [0.2, 0.25) is 0 Å². The zero-order valence-electron chi connectivity index (χ0n) is 11.9. The van der Waals surface area contributed by atoms with Gasteiger partial charge in [0, 0.05) is 25.4 Å². The quantitative estimate of drug-likeness (QED) is 0.855. The van der Waals surface area contributed by atoms with Crippen LogP contribution in [0.5, 0.6) is 0 Å². The molecule has 1 aliphatic heterocycles. The van der Waals surface area contributed by atoms with Gasteiger partial charge < -0.3 is 13.8 Å². The lowest BCUT2D eigenvalue weighted by Gasteiger charge is -2.20. The SMILES string of the molecule is CCc1noc(-c2c(C3CCCOC3)noc2CC)n1. The number of hydrogen-bond acceptors (Lipinski definition) is 6. The average Bonchev–Trinajstić information content (AvgIpc) is 3.13. The number of nitrogens with zero attached hydrogens (tertiary/aromatic N) is 3. The molecule has 3 rings (SSSR count). The molecule has 0 aliphatic carbocycles. The molecule has 1 atom stereocenters. The number of aromatic nitrogens is 3. The predicted octanol–water partition coefficient (Wildman–Crippen LogP) is 2.74. The van der Waals surface area contributed by atoms with Gasteiger partial charge in [-0.2, -0.15) is 4.98 Å². The summed E-state index contributed by atoms with van der Waals surface area (Å²) in [5.41, 5.74) is 1.77. The fraction of sp³-hybridized carbons (Fsp3) is 0.643. The highest BCUT2D eigenvalue weighted by atomic mass is 16.5. The van der Waals surface area contributed by atoms with Crippen molar-refractivity contribution in [3.8, 4) is 11.5 Å². The molecule has 108 valence electrons. The lowest BCUT2D eigenvalue weighted by molar-refractivity contribution is 0.0784. The highest BCUT2D eigenvalue weighted by molar-refractivity contribution is 5.60. The summed E-state index contributed by atoms with van der Waals surface area (Å²) < 4.78 is 16.4. The van der Waals surface area contributed by atoms with E-state index in [4.69, 9.17) is 13.8 Å². The van der Waals surface area contributed by atoms with Gasteiger partial charge in [-0.25, -0.2) is 0 Å². The molecule has 0 saturated carbocycles. The molecule has 6 heteroatoms. The van der Waals surface area contributed by atoms with Gasteiger partial charge in [-0.1, -0.05) is 24.2 Å². The van der Waals surface area contributed by atoms with Gasteiger partial charge in [0.1, 0.15) is 17.0 Å². The number of rotatable bonds is 4. The molecule has 0 N–H and O–H groups in total. The molecule has 0 bridgehead atoms. The fourth-order valence-electron chi connectivity index (χ4n) is 2.54. The van der Waals surface area contributed by atoms with Gasteiger partial charge in [-0.05, 0) is 12.8 Å². The molecule has 1 fully saturated rings. The Labute approximate surface area is 117 Å². The third kappa shape index (κ3) is 2.35. The third-order valence-corrected chi connectivity index (χ3v) is 3.66. The van der Waals surface area contributed by atoms with Gasteiger partial charge in [0.15, 0.2) is 5.82 Å². The standard InChI is InChI=1S/C14H19N3O3/c1-3-10-12(14-15-11(4-2)16-20-14)13(17-19-10)9-6-5-7-18-8-9/h9H,3-8H2,1-2H3. The summed E-state index contributed by atoms with van der Waals surface area (Å²) in [5.74, 6) is 2.27. The first kappa shape index (κ1) is 13.3. The molecule has 2 aromatic rings. The molecule has 1 aliphatic rings. The first-order valence-electron chi connectivity index (χ1n) is 7.22. The maximum atomic E-state index is 5.55. The maximum Gasteiger partial charge on any atom is 0.263 e. The van der Waals surface area contributed by atoms with Crippen molar-refractivity contribution in [1.82, 2.24) is 15.3 Å². The van der Waals surface area contributed by atoms with Crippen molar-refractivity contribution in [3.63, 3.8) is 0 Å². The topological polar surface area (TPSA) is 74.2 Å². The second kappa shape index (κ2) is 5.75. The first-order chi connectivity index (χ1) is 9.83. The lowest BCUT2D eigenvalue weighted by Crippen LogP contribution is -2.16. The van der Waals surface area contributed by atoms with Crippen LogP contribution < -0.4 is 0 Å². The largest absolute Gasteiger partial charge is 0.381 e. The van der Waals surface area contributed by atoms with Crippen molar-refractivity contribution < 1.29 is 13.8 Å². The van der Waals surface area contributed by atoms with E-state index in [1.165, 1.54) is 0 Å². The van der Waals surface area contributed by atoms with Crippen molar-refractivity contribution in [3.05, 3.63) is 17.3 Å². The summed E-state index contributed by atoms with van der Waals surface area (Å²) >= 11 is 0. The zero-order valence-corrected chi connectivity index (χ0v) is 11.9. The van der Waals surface area contributed by atoms with E-state index in [-0.39, 0.29) is 5.92 Å². The Morgan fingerprint density at radius 3 is 2.70 bits per heavy atom. The molecule has 0 spiro atoms. The summed E-state index contributed by atoms with van der Waals surface area (Å²) in [6.07, 6.45) is 3.60. The molecule has 0 radical (unpaired) electrons. The van der Waals surface area contributed by atoms with E-state index in [0.29, 0.717) is 18.3 Å². The van der Waals surface area contributed by atoms with E-state index in [0.717, 1.165) is 49.3 Å². The monoisotopic (exact) mass is 277 g/mol. The first-order valence-corrected chi connectivity index (χ1v) is 7.22. The third-order valence-electron chi connectivity index (χ3n) is 3.66. The van der Waals surface area contributed by atoms with Crippen LogP contribution in [0.1, 0.15) is 49.9 Å². The van der Waals surface area contributed by atoms with E-state index < -0.39 is 0 Å². The Kier molecular flexibility index (Phi) is 3.82. The van der Waals surface area contributed by atoms with Gasteiger partial charge >= 0.3 is 0 Å². The van der Waals surface area contributed by atoms with Crippen molar-refractivity contribution in [2.75, 3.05) is 13.2 Å². The Balaban J connectivity index is 2.00. The van der Waals surface area contributed by atoms with Gasteiger partial charge in [0.25, 0.3) is 5.89 Å². The van der Waals surface area contributed by atoms with E-state index in [1.54, 1.807) is 0 Å². The molecule has 1 saturated heterocycles. The Morgan fingerprint density at radius 2 is 2.05 bits per heavy atom. The minimum atomic E-state index is 0.250. The molecule has 2 aromatic heterocycles. The summed E-state index contributed by atoms with van der Waals surface area (Å²) in [6, 6.07) is 0. The molecule has 0 aromatic carbocycles. The Bertz CT molecular complexity index is 570. The maximum absolute atomic E-state index is 5.55. The van der Waals surface area contributed by atoms with Crippen LogP contribution in [-0.2, 0) is 17.6 Å². The normalized spacial score (nSPS) is 19.4. The summed E-state index contributed by atoms with van der Waals surface area (Å²) in [4.78, 5) is 4.42. The Morgan fingerprint density at radius 1 is 1.15 bits per heavy atom. The van der Waals surface area contributed by atoms with Crippen LogP contribution in [-0.4, -0.2) is 28.5 Å². The van der Waals surface area contributed by atoms with Crippen molar-refractivity contribution in [2.24, 2.45) is 0 Å². The van der Waals surface area contributed by atoms with Crippen molar-refractivity contribution in [2.45, 2.75) is 45.4 Å². The summed E-state index contributed by atoms with van der Waals surface area (Å²) in [5, 5.41) is 8.20. The van der Waals surface area contributed by atoms with Gasteiger partial charge in [0.05, 0.1) is 6.61 Å². The minimum Gasteiger partial charge on any atom is -0.381 e. The van der Waals surface area contributed by atoms with Crippen LogP contribution in [0.4, 0.5) is 0 Å². The Hall–Kier alpha value is -1.69. The smallest absolute Gasteiger partial charge is 0.263 e. The zero-order chi connectivity index (χ0) is 13.9. The van der Waals surface area contributed by atoms with Crippen molar-refractivity contribution >= 4 is 0 Å². The molecule has 1 unspecified atom stereocenters. The number of aryl methyl sites for hydroxylation is 2. The molecule has 6 nitrogen and oxygen atoms in total. The molecular formula is C14H19N3O3. The molecule has 3 heterocycles. The molecular weight excluding hydrogens is 258 g/mol. The number of ether oxygens (including phenoxy) is 1. The summed E-state index contributed by atoms with van der Waals surface area (Å²) in [6.45, 7) is 5.53. The van der Waals surface area contributed by atoms with E-state index in [9.17, 15) is 0 Å². The second-order valence-electron chi connectivity index (χ2n) is 5.00. The van der Waals surface area contributed by atoms with E-state index in [1.807, 2.05) is 13.8 Å². The van der Waals surface area contributed by atoms with Gasteiger partial charge in [-0.15, -0.1) is 0 Å². The van der Waals surface area contributed by atoms with E-state index >= 15 is 0 Å². The van der Waals surface area contributed by atoms with Crippen molar-refractivity contribution in [1.29, 1.82) is 0 Å². The lowest BCUT2D eigenvalue weighted by atomic mass is 9.94. The van der Waals surface area contributed by atoms with Crippen LogP contribution in [0, 0.1) is 0 Å². The summed E-state index contributed by atoms with van der Waals surface area (Å²) in [7, 11) is 0. The highest BCUT2D eigenvalue weighted by Crippen LogP contribution is 2.35. The van der Waals surface area contributed by atoms with Crippen LogP contribution in [0.2, 0.25) is 0 Å². The fourth-order valence-corrected chi connectivity index (χ4v) is 2.54. The van der Waals surface area contributed by atoms with Gasteiger partial charge in [-0.3, -0.25) is 0 Å². The minimum absolute atomic E-state index is 0.250. The number of hydrogen-bond donors (Lipinski definition) is 0. The predicted molar refractivity (Wildman–Crippen MR) is 71.3 cm³/mol. The highest BCUT2D eigenvalue weighted by Gasteiger charge is 2.29.